The van der Waals surface area contributed by atoms with E-state index in [-0.39, 0.29) is 11.6 Å². The molecule has 0 bridgehead atoms. The third kappa shape index (κ3) is 7.26. The van der Waals surface area contributed by atoms with Crippen molar-refractivity contribution in [3.8, 4) is 11.6 Å². The Morgan fingerprint density at radius 3 is 2.54 bits per heavy atom. The van der Waals surface area contributed by atoms with Crippen LogP contribution in [0, 0.1) is 0 Å². The van der Waals surface area contributed by atoms with Crippen LogP contribution in [0.5, 0.6) is 11.6 Å². The molecule has 2 aromatic rings. The fourth-order valence-electron chi connectivity index (χ4n) is 2.58. The van der Waals surface area contributed by atoms with Crippen LogP contribution in [0.1, 0.15) is 61.5 Å². The van der Waals surface area contributed by atoms with Crippen molar-refractivity contribution in [2.75, 3.05) is 6.61 Å². The van der Waals surface area contributed by atoms with Crippen LogP contribution in [0.3, 0.4) is 0 Å². The molecule has 1 aromatic carbocycles. The Kier molecular flexibility index (Phi) is 8.78. The summed E-state index contributed by atoms with van der Waals surface area (Å²) in [5.41, 5.74) is 5.93. The van der Waals surface area contributed by atoms with Gasteiger partial charge in [-0.25, -0.2) is 9.78 Å². The standard InChI is InChI=1S/C21H27N3O4/c1-2-3-4-5-6-7-14-27-17-11-8-16(9-12-17)10-13-18(25)28-21-19(20(22)26)23-15-24-21/h8-13,15H,2-7,14H2,1H3,(H2,22,26)(H,23,24)/b13-10+. The number of hydrogen-bond acceptors (Lipinski definition) is 5. The molecule has 0 aliphatic heterocycles. The van der Waals surface area contributed by atoms with Crippen LogP contribution < -0.4 is 15.2 Å². The summed E-state index contributed by atoms with van der Waals surface area (Å²) in [5.74, 6) is -0.740. The summed E-state index contributed by atoms with van der Waals surface area (Å²) < 4.78 is 10.7. The van der Waals surface area contributed by atoms with Gasteiger partial charge in [0, 0.05) is 6.08 Å². The first-order valence-electron chi connectivity index (χ1n) is 9.56. The number of carbonyl (C=O) groups excluding carboxylic acids is 2. The largest absolute Gasteiger partial charge is 0.494 e. The number of hydrogen-bond donors (Lipinski definition) is 2. The molecule has 0 atom stereocenters. The summed E-state index contributed by atoms with van der Waals surface area (Å²) in [4.78, 5) is 29.3. The van der Waals surface area contributed by atoms with E-state index < -0.39 is 11.9 Å². The van der Waals surface area contributed by atoms with E-state index in [9.17, 15) is 9.59 Å². The monoisotopic (exact) mass is 385 g/mol. The van der Waals surface area contributed by atoms with Gasteiger partial charge in [0.25, 0.3) is 11.8 Å². The Morgan fingerprint density at radius 2 is 1.82 bits per heavy atom. The van der Waals surface area contributed by atoms with Crippen molar-refractivity contribution in [1.82, 2.24) is 9.97 Å². The Hall–Kier alpha value is -3.09. The molecule has 0 radical (unpaired) electrons. The van der Waals surface area contributed by atoms with Gasteiger partial charge in [-0.05, 0) is 30.2 Å². The molecule has 1 aromatic heterocycles. The van der Waals surface area contributed by atoms with Crippen LogP contribution >= 0.6 is 0 Å². The van der Waals surface area contributed by atoms with E-state index in [1.54, 1.807) is 6.08 Å². The maximum absolute atomic E-state index is 11.9. The van der Waals surface area contributed by atoms with Crippen LogP contribution in [-0.2, 0) is 4.79 Å². The number of amides is 1. The lowest BCUT2D eigenvalue weighted by Gasteiger charge is -2.06. The molecule has 150 valence electrons. The van der Waals surface area contributed by atoms with Gasteiger partial charge < -0.3 is 20.2 Å². The van der Waals surface area contributed by atoms with Gasteiger partial charge in [0.2, 0.25) is 0 Å². The number of aromatic nitrogens is 2. The zero-order valence-electron chi connectivity index (χ0n) is 16.1. The smallest absolute Gasteiger partial charge is 0.337 e. The molecule has 1 amide bonds. The fraction of sp³-hybridized carbons (Fsp3) is 0.381. The number of esters is 1. The maximum Gasteiger partial charge on any atom is 0.337 e. The molecule has 28 heavy (non-hydrogen) atoms. The first-order chi connectivity index (χ1) is 13.6. The van der Waals surface area contributed by atoms with Gasteiger partial charge in [0.05, 0.1) is 12.9 Å². The van der Waals surface area contributed by atoms with Crippen LogP contribution in [0.2, 0.25) is 0 Å². The number of imidazole rings is 1. The maximum atomic E-state index is 11.9. The molecule has 0 unspecified atom stereocenters. The SMILES string of the molecule is CCCCCCCCOc1ccc(/C=C/C(=O)Oc2nc[nH]c2C(N)=O)cc1. The molecule has 3 N–H and O–H groups in total. The lowest BCUT2D eigenvalue weighted by Crippen LogP contribution is -2.14. The summed E-state index contributed by atoms with van der Waals surface area (Å²) in [7, 11) is 0. The van der Waals surface area contributed by atoms with Gasteiger partial charge >= 0.3 is 5.97 Å². The van der Waals surface area contributed by atoms with Gasteiger partial charge in [-0.15, -0.1) is 0 Å². The van der Waals surface area contributed by atoms with E-state index in [0.717, 1.165) is 17.7 Å². The number of nitrogens with two attached hydrogens (primary N) is 1. The summed E-state index contributed by atoms with van der Waals surface area (Å²) in [6, 6.07) is 7.43. The molecule has 0 aliphatic carbocycles. The molecule has 0 spiro atoms. The van der Waals surface area contributed by atoms with Gasteiger partial charge in [0.15, 0.2) is 5.69 Å². The van der Waals surface area contributed by atoms with E-state index in [2.05, 4.69) is 16.9 Å². The van der Waals surface area contributed by atoms with Crippen LogP contribution in [0.15, 0.2) is 36.7 Å². The van der Waals surface area contributed by atoms with Crippen molar-refractivity contribution in [2.24, 2.45) is 5.73 Å². The Balaban J connectivity index is 1.74. The number of aromatic amines is 1. The van der Waals surface area contributed by atoms with Crippen molar-refractivity contribution in [3.63, 3.8) is 0 Å². The number of ether oxygens (including phenoxy) is 2. The van der Waals surface area contributed by atoms with Crippen molar-refractivity contribution in [1.29, 1.82) is 0 Å². The van der Waals surface area contributed by atoms with E-state index in [1.165, 1.54) is 44.5 Å². The van der Waals surface area contributed by atoms with Crippen molar-refractivity contribution in [3.05, 3.63) is 47.9 Å². The van der Waals surface area contributed by atoms with Crippen LogP contribution in [0.4, 0.5) is 0 Å². The van der Waals surface area contributed by atoms with Crippen LogP contribution in [0.25, 0.3) is 6.08 Å². The highest BCUT2D eigenvalue weighted by Gasteiger charge is 2.14. The number of rotatable bonds is 12. The number of nitrogens with zero attached hydrogens (tertiary/aromatic N) is 1. The second-order valence-corrected chi connectivity index (χ2v) is 6.39. The summed E-state index contributed by atoms with van der Waals surface area (Å²) in [6.07, 6.45) is 11.5. The average Bonchev–Trinajstić information content (AvgIpc) is 3.15. The predicted molar refractivity (Wildman–Crippen MR) is 107 cm³/mol. The molecule has 0 saturated carbocycles. The number of benzene rings is 1. The quantitative estimate of drug-likeness (QED) is 0.328. The fourth-order valence-corrected chi connectivity index (χ4v) is 2.58. The van der Waals surface area contributed by atoms with E-state index in [4.69, 9.17) is 15.2 Å². The minimum absolute atomic E-state index is 0.0476. The number of H-pyrrole nitrogens is 1. The Labute approximate surface area is 164 Å². The second-order valence-electron chi connectivity index (χ2n) is 6.39. The summed E-state index contributed by atoms with van der Waals surface area (Å²) in [6.45, 7) is 2.92. The van der Waals surface area contributed by atoms with Crippen molar-refractivity contribution >= 4 is 18.0 Å². The molecule has 0 fully saturated rings. The molecule has 1 heterocycles. The number of nitrogens with one attached hydrogen (secondary N) is 1. The zero-order chi connectivity index (χ0) is 20.2. The lowest BCUT2D eigenvalue weighted by atomic mass is 10.1. The average molecular weight is 385 g/mol. The van der Waals surface area contributed by atoms with E-state index >= 15 is 0 Å². The molecule has 0 saturated heterocycles. The van der Waals surface area contributed by atoms with E-state index in [0.29, 0.717) is 6.61 Å². The summed E-state index contributed by atoms with van der Waals surface area (Å²) in [5, 5.41) is 0. The van der Waals surface area contributed by atoms with Gasteiger partial charge in [-0.3, -0.25) is 4.79 Å². The molecule has 7 nitrogen and oxygen atoms in total. The molecular formula is C21H27N3O4. The van der Waals surface area contributed by atoms with Gasteiger partial charge in [-0.1, -0.05) is 51.2 Å². The Bertz CT molecular complexity index is 781. The van der Waals surface area contributed by atoms with Crippen molar-refractivity contribution in [2.45, 2.75) is 45.4 Å². The Morgan fingerprint density at radius 1 is 1.11 bits per heavy atom. The number of carbonyl (C=O) groups is 2. The van der Waals surface area contributed by atoms with Crippen LogP contribution in [-0.4, -0.2) is 28.5 Å². The second kappa shape index (κ2) is 11.6. The normalized spacial score (nSPS) is 10.9. The first-order valence-corrected chi connectivity index (χ1v) is 9.56. The van der Waals surface area contributed by atoms with Gasteiger partial charge in [-0.2, -0.15) is 0 Å². The molecule has 7 heteroatoms. The third-order valence-corrected chi connectivity index (χ3v) is 4.11. The highest BCUT2D eigenvalue weighted by atomic mass is 16.5. The van der Waals surface area contributed by atoms with Gasteiger partial charge in [0.1, 0.15) is 5.75 Å². The zero-order valence-corrected chi connectivity index (χ0v) is 16.1. The minimum Gasteiger partial charge on any atom is -0.494 e. The number of unbranched alkanes of at least 4 members (excludes halogenated alkanes) is 5. The summed E-state index contributed by atoms with van der Waals surface area (Å²) >= 11 is 0. The number of primary amides is 1. The molecule has 2 rings (SSSR count). The molecule has 0 aliphatic rings. The predicted octanol–water partition coefficient (Wildman–Crippen LogP) is 3.87. The topological polar surface area (TPSA) is 107 Å². The highest BCUT2D eigenvalue weighted by Crippen LogP contribution is 2.15. The highest BCUT2D eigenvalue weighted by molar-refractivity contribution is 5.95. The van der Waals surface area contributed by atoms with E-state index in [1.807, 2.05) is 24.3 Å². The minimum atomic E-state index is -0.749. The molecular weight excluding hydrogens is 358 g/mol. The third-order valence-electron chi connectivity index (χ3n) is 4.11. The first kappa shape index (κ1) is 21.2. The van der Waals surface area contributed by atoms with Crippen molar-refractivity contribution < 1.29 is 19.1 Å². The lowest BCUT2D eigenvalue weighted by molar-refractivity contribution is -0.129.